The summed E-state index contributed by atoms with van der Waals surface area (Å²) < 4.78 is 5.26. The number of nitrogens with one attached hydrogen (secondary N) is 1. The second-order valence-electron chi connectivity index (χ2n) is 8.07. The number of hydrogen-bond acceptors (Lipinski definition) is 3. The van der Waals surface area contributed by atoms with Gasteiger partial charge < -0.3 is 15.2 Å². The number of amides is 1. The van der Waals surface area contributed by atoms with Crippen LogP contribution in [0.5, 0.6) is 0 Å². The van der Waals surface area contributed by atoms with E-state index in [4.69, 9.17) is 4.74 Å². The number of ether oxygens (including phenoxy) is 1. The maximum atomic E-state index is 12.1. The molecule has 1 aliphatic carbocycles. The highest BCUT2D eigenvalue weighted by molar-refractivity contribution is 5.85. The Morgan fingerprint density at radius 3 is 2.14 bits per heavy atom. The summed E-state index contributed by atoms with van der Waals surface area (Å²) in [5.74, 6) is -1.09. The molecular formula is C16H29NO4. The SMILES string of the molecule is CC(C)(C)OC(=O)N[C@@]1(C(=O)O)CCCC[C@H]1C(C)(C)C. The summed E-state index contributed by atoms with van der Waals surface area (Å²) in [6, 6.07) is 0. The predicted molar refractivity (Wildman–Crippen MR) is 81.1 cm³/mol. The van der Waals surface area contributed by atoms with Crippen molar-refractivity contribution in [3.05, 3.63) is 0 Å². The Kier molecular flexibility index (Phi) is 4.96. The van der Waals surface area contributed by atoms with Crippen molar-refractivity contribution in [2.45, 2.75) is 78.4 Å². The molecule has 0 unspecified atom stereocenters. The maximum absolute atomic E-state index is 12.1. The molecule has 5 heteroatoms. The summed E-state index contributed by atoms with van der Waals surface area (Å²) in [6.07, 6.45) is 2.39. The number of carbonyl (C=O) groups is 2. The second kappa shape index (κ2) is 5.85. The Morgan fingerprint density at radius 2 is 1.71 bits per heavy atom. The van der Waals surface area contributed by atoms with Crippen molar-refractivity contribution in [1.29, 1.82) is 0 Å². The molecule has 122 valence electrons. The average molecular weight is 299 g/mol. The quantitative estimate of drug-likeness (QED) is 0.817. The molecule has 1 fully saturated rings. The molecule has 1 amide bonds. The van der Waals surface area contributed by atoms with Gasteiger partial charge in [0, 0.05) is 0 Å². The van der Waals surface area contributed by atoms with Crippen LogP contribution in [0.1, 0.15) is 67.2 Å². The Morgan fingerprint density at radius 1 is 1.14 bits per heavy atom. The minimum atomic E-state index is -1.24. The molecule has 0 heterocycles. The molecule has 0 spiro atoms. The lowest BCUT2D eigenvalue weighted by molar-refractivity contribution is -0.152. The lowest BCUT2D eigenvalue weighted by Crippen LogP contribution is -2.63. The lowest BCUT2D eigenvalue weighted by atomic mass is 9.62. The monoisotopic (exact) mass is 299 g/mol. The summed E-state index contributed by atoms with van der Waals surface area (Å²) in [4.78, 5) is 24.1. The average Bonchev–Trinajstić information content (AvgIpc) is 2.24. The van der Waals surface area contributed by atoms with Crippen LogP contribution in [0.3, 0.4) is 0 Å². The third-order valence-corrected chi connectivity index (χ3v) is 4.06. The van der Waals surface area contributed by atoms with E-state index in [0.29, 0.717) is 6.42 Å². The van der Waals surface area contributed by atoms with Gasteiger partial charge in [-0.05, 0) is 44.9 Å². The van der Waals surface area contributed by atoms with E-state index >= 15 is 0 Å². The predicted octanol–water partition coefficient (Wildman–Crippen LogP) is 3.57. The fourth-order valence-electron chi connectivity index (χ4n) is 3.29. The van der Waals surface area contributed by atoms with Crippen LogP contribution in [0, 0.1) is 11.3 Å². The number of rotatable bonds is 2. The van der Waals surface area contributed by atoms with Gasteiger partial charge in [0.15, 0.2) is 0 Å². The van der Waals surface area contributed by atoms with Crippen LogP contribution < -0.4 is 5.32 Å². The van der Waals surface area contributed by atoms with Crippen molar-refractivity contribution in [1.82, 2.24) is 5.32 Å². The number of carboxylic acids is 1. The van der Waals surface area contributed by atoms with E-state index in [-0.39, 0.29) is 11.3 Å². The standard InChI is InChI=1S/C16H29NO4/c1-14(2,3)11-9-7-8-10-16(11,12(18)19)17-13(20)21-15(4,5)6/h11H,7-10H2,1-6H3,(H,17,20)(H,18,19)/t11-,16-/m0/s1. The van der Waals surface area contributed by atoms with Crippen LogP contribution in [-0.2, 0) is 9.53 Å². The summed E-state index contributed by atoms with van der Waals surface area (Å²) in [6.45, 7) is 11.4. The highest BCUT2D eigenvalue weighted by Crippen LogP contribution is 2.44. The van der Waals surface area contributed by atoms with Crippen LogP contribution in [0.4, 0.5) is 4.79 Å². The van der Waals surface area contributed by atoms with Crippen LogP contribution in [0.25, 0.3) is 0 Å². The number of carboxylic acid groups (broad SMARTS) is 1. The molecule has 0 aliphatic heterocycles. The molecule has 0 aromatic heterocycles. The summed E-state index contributed by atoms with van der Waals surface area (Å²) in [5, 5.41) is 12.5. The first-order valence-electron chi connectivity index (χ1n) is 7.63. The van der Waals surface area contributed by atoms with Gasteiger partial charge in [0.1, 0.15) is 11.1 Å². The Labute approximate surface area is 127 Å². The molecule has 1 saturated carbocycles. The molecule has 0 bridgehead atoms. The van der Waals surface area contributed by atoms with Gasteiger partial charge in [-0.2, -0.15) is 0 Å². The highest BCUT2D eigenvalue weighted by atomic mass is 16.6. The first-order valence-corrected chi connectivity index (χ1v) is 7.63. The third-order valence-electron chi connectivity index (χ3n) is 4.06. The van der Waals surface area contributed by atoms with E-state index < -0.39 is 23.2 Å². The number of aliphatic carboxylic acids is 1. The Balaban J connectivity index is 3.06. The molecule has 0 aromatic rings. The van der Waals surface area contributed by atoms with Gasteiger partial charge in [-0.3, -0.25) is 0 Å². The molecule has 2 N–H and O–H groups in total. The fourth-order valence-corrected chi connectivity index (χ4v) is 3.29. The second-order valence-corrected chi connectivity index (χ2v) is 8.07. The third kappa shape index (κ3) is 4.35. The van der Waals surface area contributed by atoms with Crippen LogP contribution in [0.15, 0.2) is 0 Å². The lowest BCUT2D eigenvalue weighted by Gasteiger charge is -2.47. The molecule has 0 aromatic carbocycles. The normalized spacial score (nSPS) is 27.0. The van der Waals surface area contributed by atoms with Crippen molar-refractivity contribution >= 4 is 12.1 Å². The number of carbonyl (C=O) groups excluding carboxylic acids is 1. The van der Waals surface area contributed by atoms with Gasteiger partial charge in [-0.15, -0.1) is 0 Å². The van der Waals surface area contributed by atoms with Crippen LogP contribution in [0.2, 0.25) is 0 Å². The molecule has 0 radical (unpaired) electrons. The van der Waals surface area contributed by atoms with Gasteiger partial charge >= 0.3 is 12.1 Å². The smallest absolute Gasteiger partial charge is 0.408 e. The molecule has 21 heavy (non-hydrogen) atoms. The molecule has 1 rings (SSSR count). The summed E-state index contributed by atoms with van der Waals surface area (Å²) >= 11 is 0. The number of hydrogen-bond donors (Lipinski definition) is 2. The van der Waals surface area contributed by atoms with E-state index in [9.17, 15) is 14.7 Å². The topological polar surface area (TPSA) is 75.6 Å². The molecule has 1 aliphatic rings. The van der Waals surface area contributed by atoms with Crippen molar-refractivity contribution < 1.29 is 19.4 Å². The summed E-state index contributed by atoms with van der Waals surface area (Å²) in [5.41, 5.74) is -2.08. The fraction of sp³-hybridized carbons (Fsp3) is 0.875. The molecule has 5 nitrogen and oxygen atoms in total. The first-order chi connectivity index (χ1) is 9.38. The van der Waals surface area contributed by atoms with Crippen LogP contribution >= 0.6 is 0 Å². The summed E-state index contributed by atoms with van der Waals surface area (Å²) in [7, 11) is 0. The van der Waals surface area contributed by atoms with Gasteiger partial charge in [0.05, 0.1) is 0 Å². The highest BCUT2D eigenvalue weighted by Gasteiger charge is 2.53. The van der Waals surface area contributed by atoms with E-state index in [0.717, 1.165) is 19.3 Å². The minimum Gasteiger partial charge on any atom is -0.479 e. The van der Waals surface area contributed by atoms with Gasteiger partial charge in [-0.25, -0.2) is 9.59 Å². The van der Waals surface area contributed by atoms with Gasteiger partial charge in [0.25, 0.3) is 0 Å². The Bertz CT molecular complexity index is 405. The van der Waals surface area contributed by atoms with Crippen molar-refractivity contribution in [3.8, 4) is 0 Å². The van der Waals surface area contributed by atoms with E-state index in [2.05, 4.69) is 5.32 Å². The largest absolute Gasteiger partial charge is 0.479 e. The van der Waals surface area contributed by atoms with Gasteiger partial charge in [0.2, 0.25) is 0 Å². The minimum absolute atomic E-state index is 0.122. The molecule has 0 saturated heterocycles. The zero-order chi connectivity index (χ0) is 16.5. The van der Waals surface area contributed by atoms with Gasteiger partial charge in [-0.1, -0.05) is 33.6 Å². The van der Waals surface area contributed by atoms with E-state index in [1.54, 1.807) is 20.8 Å². The van der Waals surface area contributed by atoms with E-state index in [1.807, 2.05) is 20.8 Å². The first kappa shape index (κ1) is 17.8. The molecular weight excluding hydrogens is 270 g/mol. The van der Waals surface area contributed by atoms with Crippen molar-refractivity contribution in [2.24, 2.45) is 11.3 Å². The van der Waals surface area contributed by atoms with Crippen LogP contribution in [-0.4, -0.2) is 28.3 Å². The zero-order valence-electron chi connectivity index (χ0n) is 14.1. The maximum Gasteiger partial charge on any atom is 0.408 e. The van der Waals surface area contributed by atoms with Crippen molar-refractivity contribution in [2.75, 3.05) is 0 Å². The number of alkyl carbamates (subject to hydrolysis) is 1. The zero-order valence-corrected chi connectivity index (χ0v) is 14.1. The van der Waals surface area contributed by atoms with Crippen molar-refractivity contribution in [3.63, 3.8) is 0 Å². The Hall–Kier alpha value is -1.26. The van der Waals surface area contributed by atoms with E-state index in [1.165, 1.54) is 0 Å². The molecule has 2 atom stereocenters.